The largest absolute Gasteiger partial charge is 0.355 e. The van der Waals surface area contributed by atoms with Gasteiger partial charge in [-0.25, -0.2) is 9.97 Å². The van der Waals surface area contributed by atoms with Crippen molar-refractivity contribution in [2.45, 2.75) is 25.7 Å². The Hall–Kier alpha value is -4.04. The van der Waals surface area contributed by atoms with Gasteiger partial charge in [0.1, 0.15) is 5.82 Å². The van der Waals surface area contributed by atoms with Gasteiger partial charge in [0.2, 0.25) is 23.7 Å². The molecule has 2 aromatic rings. The van der Waals surface area contributed by atoms with Crippen LogP contribution in [0.3, 0.4) is 0 Å². The molecule has 0 spiro atoms. The van der Waals surface area contributed by atoms with Gasteiger partial charge in [0.15, 0.2) is 0 Å². The van der Waals surface area contributed by atoms with E-state index in [-0.39, 0.29) is 18.4 Å². The molecule has 2 N–H and O–H groups in total. The van der Waals surface area contributed by atoms with Crippen molar-refractivity contribution in [2.75, 3.05) is 64.1 Å². The molecule has 3 heterocycles. The van der Waals surface area contributed by atoms with Gasteiger partial charge in [0.25, 0.3) is 0 Å². The summed E-state index contributed by atoms with van der Waals surface area (Å²) in [6, 6.07) is 2.85. The Kier molecular flexibility index (Phi) is 11.0. The molecule has 1 aliphatic rings. The summed E-state index contributed by atoms with van der Waals surface area (Å²) in [5.74, 6) is 6.51. The maximum atomic E-state index is 13.1. The van der Waals surface area contributed by atoms with Gasteiger partial charge < -0.3 is 25.3 Å². The Balaban J connectivity index is 1.49. The second-order valence-electron chi connectivity index (χ2n) is 9.23. The summed E-state index contributed by atoms with van der Waals surface area (Å²) in [6.07, 6.45) is 9.77. The van der Waals surface area contributed by atoms with E-state index in [9.17, 15) is 14.0 Å². The molecule has 3 rings (SSSR count). The van der Waals surface area contributed by atoms with Crippen molar-refractivity contribution in [3.05, 3.63) is 48.2 Å². The lowest BCUT2D eigenvalue weighted by Crippen LogP contribution is -2.38. The summed E-state index contributed by atoms with van der Waals surface area (Å²) in [5, 5.41) is 5.88. The zero-order valence-electron chi connectivity index (χ0n) is 22.2. The van der Waals surface area contributed by atoms with Crippen LogP contribution in [0.5, 0.6) is 0 Å². The van der Waals surface area contributed by atoms with Crippen LogP contribution in [0.25, 0.3) is 0 Å². The van der Waals surface area contributed by atoms with Crippen LogP contribution in [0.15, 0.2) is 36.7 Å². The Morgan fingerprint density at radius 3 is 2.66 bits per heavy atom. The minimum absolute atomic E-state index is 0.00170. The highest BCUT2D eigenvalue weighted by Gasteiger charge is 2.18. The molecule has 38 heavy (non-hydrogen) atoms. The highest BCUT2D eigenvalue weighted by molar-refractivity contribution is 5.91. The number of rotatable bonds is 11. The average molecular weight is 523 g/mol. The molecule has 2 amide bonds. The zero-order chi connectivity index (χ0) is 27.3. The van der Waals surface area contributed by atoms with Gasteiger partial charge in [-0.3, -0.25) is 9.59 Å². The predicted octanol–water partition coefficient (Wildman–Crippen LogP) is 2.18. The number of unbranched alkanes of at least 4 members (excludes halogenated alkanes) is 1. The molecule has 0 atom stereocenters. The first-order valence-corrected chi connectivity index (χ1v) is 12.6. The van der Waals surface area contributed by atoms with Gasteiger partial charge in [-0.2, -0.15) is 9.37 Å². The number of aromatic nitrogens is 3. The normalized spacial score (nSPS) is 12.9. The van der Waals surface area contributed by atoms with Crippen molar-refractivity contribution < 1.29 is 14.0 Å². The van der Waals surface area contributed by atoms with Crippen LogP contribution in [0.2, 0.25) is 0 Å². The molecule has 1 fully saturated rings. The first kappa shape index (κ1) is 28.5. The van der Waals surface area contributed by atoms with Gasteiger partial charge >= 0.3 is 0 Å². The lowest BCUT2D eigenvalue weighted by molar-refractivity contribution is -0.131. The number of halogens is 1. The molecule has 11 heteroatoms. The number of nitrogens with zero attached hydrogens (tertiary/aromatic N) is 6. The number of nitrogens with one attached hydrogen (secondary N) is 2. The molecule has 10 nitrogen and oxygen atoms in total. The third-order valence-corrected chi connectivity index (χ3v) is 5.67. The number of carbonyl (C=O) groups is 2. The number of likely N-dealkylation sites (N-methyl/N-ethyl adjacent to an activating group) is 2. The van der Waals surface area contributed by atoms with E-state index in [0.717, 1.165) is 37.3 Å². The molecular weight excluding hydrogens is 487 g/mol. The van der Waals surface area contributed by atoms with Crippen molar-refractivity contribution in [2.24, 2.45) is 0 Å². The summed E-state index contributed by atoms with van der Waals surface area (Å²) in [6.45, 7) is 2.93. The second-order valence-corrected chi connectivity index (χ2v) is 9.23. The Labute approximate surface area is 223 Å². The van der Waals surface area contributed by atoms with Gasteiger partial charge in [0.05, 0.1) is 30.2 Å². The summed E-state index contributed by atoms with van der Waals surface area (Å²) in [7, 11) is 5.44. The molecule has 0 aliphatic carbocycles. The fourth-order valence-electron chi connectivity index (χ4n) is 3.67. The first-order valence-electron chi connectivity index (χ1n) is 12.6. The van der Waals surface area contributed by atoms with Crippen molar-refractivity contribution in [1.82, 2.24) is 30.1 Å². The lowest BCUT2D eigenvalue weighted by atomic mass is 10.2. The van der Waals surface area contributed by atoms with Crippen LogP contribution in [0, 0.1) is 17.8 Å². The van der Waals surface area contributed by atoms with E-state index in [1.165, 1.54) is 23.2 Å². The maximum Gasteiger partial charge on any atom is 0.246 e. The molecule has 0 aromatic carbocycles. The quantitative estimate of drug-likeness (QED) is 0.200. The van der Waals surface area contributed by atoms with Crippen molar-refractivity contribution in [3.63, 3.8) is 0 Å². The molecule has 202 valence electrons. The highest BCUT2D eigenvalue weighted by Crippen LogP contribution is 2.24. The fraction of sp³-hybridized carbons (Fsp3) is 0.444. The summed E-state index contributed by atoms with van der Waals surface area (Å²) in [4.78, 5) is 42.4. The highest BCUT2D eigenvalue weighted by atomic mass is 19.1. The Bertz CT molecular complexity index is 1170. The van der Waals surface area contributed by atoms with E-state index >= 15 is 0 Å². The number of carbonyl (C=O) groups excluding carboxylic acids is 2. The molecule has 0 unspecified atom stereocenters. The van der Waals surface area contributed by atoms with E-state index in [4.69, 9.17) is 0 Å². The third kappa shape index (κ3) is 9.44. The Morgan fingerprint density at radius 1 is 1.16 bits per heavy atom. The lowest BCUT2D eigenvalue weighted by Gasteiger charge is -2.18. The summed E-state index contributed by atoms with van der Waals surface area (Å²) >= 11 is 0. The molecule has 1 aliphatic heterocycles. The predicted molar refractivity (Wildman–Crippen MR) is 145 cm³/mol. The van der Waals surface area contributed by atoms with Crippen LogP contribution < -0.4 is 15.5 Å². The molecule has 0 saturated carbocycles. The molecule has 0 radical (unpaired) electrons. The van der Waals surface area contributed by atoms with Crippen LogP contribution in [-0.4, -0.2) is 90.4 Å². The van der Waals surface area contributed by atoms with Crippen LogP contribution in [-0.2, 0) is 9.59 Å². The standard InChI is InChI=1S/C27H35FN8O2/c1-34(2)15-9-11-25(38)35(3)20-24(37)29-14-6-4-5-10-21-18-31-27(32-22-12-13-23(28)30-19-22)33-26(21)36-16-7-8-17-36/h9,11-13,18-19H,4,6-8,14-17,20H2,1-3H3,(H,29,37)(H,31,32,33)/b11-9+. The monoisotopic (exact) mass is 522 g/mol. The SMILES string of the molecule is CN(C)C/C=C/C(=O)N(C)CC(=O)NCCCC#Cc1cnc(Nc2ccc(F)nc2)nc1N1CCCC1. The van der Waals surface area contributed by atoms with Gasteiger partial charge in [-0.1, -0.05) is 17.9 Å². The topological polar surface area (TPSA) is 107 Å². The average Bonchev–Trinajstić information content (AvgIpc) is 3.42. The van der Waals surface area contributed by atoms with Crippen molar-refractivity contribution >= 4 is 29.3 Å². The minimum atomic E-state index is -0.551. The zero-order valence-corrected chi connectivity index (χ0v) is 22.2. The number of hydrogen-bond donors (Lipinski definition) is 2. The van der Waals surface area contributed by atoms with Crippen molar-refractivity contribution in [1.29, 1.82) is 0 Å². The maximum absolute atomic E-state index is 13.1. The van der Waals surface area contributed by atoms with Crippen LogP contribution in [0.1, 0.15) is 31.2 Å². The van der Waals surface area contributed by atoms with Gasteiger partial charge in [-0.15, -0.1) is 0 Å². The molecule has 0 bridgehead atoms. The summed E-state index contributed by atoms with van der Waals surface area (Å²) < 4.78 is 13.1. The molecule has 2 aromatic heterocycles. The minimum Gasteiger partial charge on any atom is -0.355 e. The van der Waals surface area contributed by atoms with E-state index in [1.807, 2.05) is 19.0 Å². The van der Waals surface area contributed by atoms with E-state index in [2.05, 4.69) is 42.3 Å². The molecular formula is C27H35FN8O2. The van der Waals surface area contributed by atoms with E-state index in [0.29, 0.717) is 37.6 Å². The van der Waals surface area contributed by atoms with E-state index in [1.54, 1.807) is 25.4 Å². The molecule has 1 saturated heterocycles. The third-order valence-electron chi connectivity index (χ3n) is 5.67. The second kappa shape index (κ2) is 14.6. The Morgan fingerprint density at radius 2 is 1.95 bits per heavy atom. The number of amides is 2. The number of anilines is 3. The van der Waals surface area contributed by atoms with E-state index < -0.39 is 5.95 Å². The number of hydrogen-bond acceptors (Lipinski definition) is 8. The van der Waals surface area contributed by atoms with Crippen molar-refractivity contribution in [3.8, 4) is 11.8 Å². The van der Waals surface area contributed by atoms with Crippen LogP contribution >= 0.6 is 0 Å². The number of pyridine rings is 1. The van der Waals surface area contributed by atoms with Crippen LogP contribution in [0.4, 0.5) is 21.8 Å². The summed E-state index contributed by atoms with van der Waals surface area (Å²) in [5.41, 5.74) is 1.33. The fourth-order valence-corrected chi connectivity index (χ4v) is 3.67. The first-order chi connectivity index (χ1) is 18.3. The van der Waals surface area contributed by atoms with Gasteiger partial charge in [0, 0.05) is 45.7 Å². The van der Waals surface area contributed by atoms with Gasteiger partial charge in [-0.05, 0) is 45.5 Å². The smallest absolute Gasteiger partial charge is 0.246 e.